The number of nitrogens with zero attached hydrogens (tertiary/aromatic N) is 1. The van der Waals surface area contributed by atoms with E-state index in [4.69, 9.17) is 23.8 Å². The number of nitrogens with one attached hydrogen (secondary N) is 3. The van der Waals surface area contributed by atoms with Crippen LogP contribution in [0.5, 0.6) is 0 Å². The van der Waals surface area contributed by atoms with E-state index in [2.05, 4.69) is 17.6 Å². The van der Waals surface area contributed by atoms with Crippen molar-refractivity contribution < 1.29 is 9.82 Å². The zero-order chi connectivity index (χ0) is 16.1. The van der Waals surface area contributed by atoms with Gasteiger partial charge in [-0.05, 0) is 25.2 Å². The Bertz CT molecular complexity index is 570. The minimum Gasteiger partial charge on any atom is -0.356 e. The van der Waals surface area contributed by atoms with Crippen molar-refractivity contribution in [3.8, 4) is 0 Å². The lowest BCUT2D eigenvalue weighted by Gasteiger charge is -2.21. The van der Waals surface area contributed by atoms with Crippen LogP contribution in [-0.2, 0) is 0 Å². The maximum atomic E-state index is 10.8. The van der Waals surface area contributed by atoms with Gasteiger partial charge in [0.2, 0.25) is 0 Å². The standard InChI is InChI=1S/C14H19ClN4O2S/c1-2-18-7-3-4-11(18)9-16-14(22)17-13-8-10(19(20)21)5-6-12(13)15/h5-6,8,11H,2-4,7,9H2,1H3,(H2,16,17,22)/p+1/t11-/m0/s1. The van der Waals surface area contributed by atoms with Gasteiger partial charge in [-0.2, -0.15) is 0 Å². The average molecular weight is 344 g/mol. The van der Waals surface area contributed by atoms with Gasteiger partial charge < -0.3 is 15.5 Å². The van der Waals surface area contributed by atoms with E-state index >= 15 is 0 Å². The minimum atomic E-state index is -0.459. The van der Waals surface area contributed by atoms with Crippen molar-refractivity contribution in [3.05, 3.63) is 33.3 Å². The van der Waals surface area contributed by atoms with E-state index in [1.54, 1.807) is 4.90 Å². The topological polar surface area (TPSA) is 71.6 Å². The molecular weight excluding hydrogens is 324 g/mol. The van der Waals surface area contributed by atoms with Crippen LogP contribution in [0.3, 0.4) is 0 Å². The lowest BCUT2D eigenvalue weighted by Crippen LogP contribution is -3.14. The zero-order valence-corrected chi connectivity index (χ0v) is 14.0. The van der Waals surface area contributed by atoms with Crippen LogP contribution in [0.15, 0.2) is 18.2 Å². The van der Waals surface area contributed by atoms with Crippen molar-refractivity contribution in [2.45, 2.75) is 25.8 Å². The van der Waals surface area contributed by atoms with Gasteiger partial charge in [0.05, 0.1) is 35.3 Å². The van der Waals surface area contributed by atoms with Gasteiger partial charge in [-0.25, -0.2) is 0 Å². The molecule has 1 fully saturated rings. The van der Waals surface area contributed by atoms with Gasteiger partial charge in [-0.3, -0.25) is 10.1 Å². The van der Waals surface area contributed by atoms with Crippen LogP contribution in [0.1, 0.15) is 19.8 Å². The number of benzene rings is 1. The molecule has 1 unspecified atom stereocenters. The average Bonchev–Trinajstić information content (AvgIpc) is 2.94. The molecule has 1 saturated heterocycles. The molecule has 1 aromatic rings. The fraction of sp³-hybridized carbons (Fsp3) is 0.500. The van der Waals surface area contributed by atoms with Crippen LogP contribution in [0.4, 0.5) is 11.4 Å². The fourth-order valence-corrected chi connectivity index (χ4v) is 3.16. The quantitative estimate of drug-likeness (QED) is 0.430. The Morgan fingerprint density at radius 2 is 2.36 bits per heavy atom. The molecule has 0 aliphatic carbocycles. The Labute approximate surface area is 140 Å². The smallest absolute Gasteiger partial charge is 0.271 e. The number of likely N-dealkylation sites (N-methyl/N-ethyl adjacent to an activating group) is 1. The summed E-state index contributed by atoms with van der Waals surface area (Å²) in [5, 5.41) is 17.8. The van der Waals surface area contributed by atoms with Crippen LogP contribution < -0.4 is 15.5 Å². The van der Waals surface area contributed by atoms with Crippen molar-refractivity contribution in [2.24, 2.45) is 0 Å². The maximum Gasteiger partial charge on any atom is 0.271 e. The molecule has 0 saturated carbocycles. The summed E-state index contributed by atoms with van der Waals surface area (Å²) in [4.78, 5) is 11.9. The number of hydrogen-bond acceptors (Lipinski definition) is 3. The first-order valence-corrected chi connectivity index (χ1v) is 8.13. The van der Waals surface area contributed by atoms with E-state index in [1.807, 2.05) is 0 Å². The highest BCUT2D eigenvalue weighted by molar-refractivity contribution is 7.80. The summed E-state index contributed by atoms with van der Waals surface area (Å²) in [6, 6.07) is 4.80. The van der Waals surface area contributed by atoms with E-state index in [0.717, 1.165) is 13.1 Å². The second-order valence-electron chi connectivity index (χ2n) is 5.36. The Hall–Kier alpha value is -1.44. The number of anilines is 1. The molecule has 0 radical (unpaired) electrons. The molecule has 0 amide bonds. The van der Waals surface area contributed by atoms with Gasteiger partial charge >= 0.3 is 0 Å². The number of halogens is 1. The first-order chi connectivity index (χ1) is 10.5. The minimum absolute atomic E-state index is 0.0212. The lowest BCUT2D eigenvalue weighted by molar-refractivity contribution is -0.909. The number of nitro groups is 1. The molecular formula is C14H20ClN4O2S+. The summed E-state index contributed by atoms with van der Waals surface area (Å²) >= 11 is 11.3. The van der Waals surface area contributed by atoms with Crippen molar-refractivity contribution in [1.29, 1.82) is 0 Å². The first kappa shape index (κ1) is 16.9. The predicted octanol–water partition coefficient (Wildman–Crippen LogP) is 1.60. The van der Waals surface area contributed by atoms with Crippen molar-refractivity contribution in [1.82, 2.24) is 5.32 Å². The summed E-state index contributed by atoms with van der Waals surface area (Å²) in [5.74, 6) is 0. The summed E-state index contributed by atoms with van der Waals surface area (Å²) < 4.78 is 0. The van der Waals surface area contributed by atoms with E-state index in [0.29, 0.717) is 21.9 Å². The second kappa shape index (κ2) is 7.71. The van der Waals surface area contributed by atoms with Crippen LogP contribution in [0.25, 0.3) is 0 Å². The van der Waals surface area contributed by atoms with E-state index in [-0.39, 0.29) is 5.69 Å². The molecule has 0 spiro atoms. The highest BCUT2D eigenvalue weighted by atomic mass is 35.5. The summed E-state index contributed by atoms with van der Waals surface area (Å²) in [7, 11) is 0. The fourth-order valence-electron chi connectivity index (χ4n) is 2.80. The second-order valence-corrected chi connectivity index (χ2v) is 6.17. The van der Waals surface area contributed by atoms with E-state index in [9.17, 15) is 10.1 Å². The Kier molecular flexibility index (Phi) is 5.93. The molecule has 2 atom stereocenters. The third-order valence-corrected chi connectivity index (χ3v) is 4.58. The van der Waals surface area contributed by atoms with Gasteiger partial charge in [-0.1, -0.05) is 11.6 Å². The molecule has 0 aromatic heterocycles. The molecule has 8 heteroatoms. The molecule has 1 aliphatic heterocycles. The molecule has 0 bridgehead atoms. The van der Waals surface area contributed by atoms with Crippen molar-refractivity contribution in [2.75, 3.05) is 25.0 Å². The highest BCUT2D eigenvalue weighted by Crippen LogP contribution is 2.26. The van der Waals surface area contributed by atoms with Gasteiger partial charge in [0, 0.05) is 25.0 Å². The molecule has 6 nitrogen and oxygen atoms in total. The summed E-state index contributed by atoms with van der Waals surface area (Å²) in [6.07, 6.45) is 2.43. The molecule has 3 N–H and O–H groups in total. The van der Waals surface area contributed by atoms with Crippen molar-refractivity contribution >= 4 is 40.3 Å². The van der Waals surface area contributed by atoms with Crippen LogP contribution >= 0.6 is 23.8 Å². The van der Waals surface area contributed by atoms with Gasteiger partial charge in [0.15, 0.2) is 5.11 Å². The zero-order valence-electron chi connectivity index (χ0n) is 12.4. The normalized spacial score (nSPS) is 20.6. The van der Waals surface area contributed by atoms with Crippen LogP contribution in [0.2, 0.25) is 5.02 Å². The molecule has 22 heavy (non-hydrogen) atoms. The third-order valence-electron chi connectivity index (χ3n) is 4.00. The Morgan fingerprint density at radius 1 is 1.59 bits per heavy atom. The number of nitro benzene ring substituents is 1. The van der Waals surface area contributed by atoms with Crippen LogP contribution in [-0.4, -0.2) is 35.7 Å². The molecule has 1 aliphatic rings. The highest BCUT2D eigenvalue weighted by Gasteiger charge is 2.26. The summed E-state index contributed by atoms with van der Waals surface area (Å²) in [6.45, 7) is 5.30. The van der Waals surface area contributed by atoms with E-state index in [1.165, 1.54) is 37.6 Å². The van der Waals surface area contributed by atoms with Crippen LogP contribution in [0, 0.1) is 10.1 Å². The predicted molar refractivity (Wildman–Crippen MR) is 91.7 cm³/mol. The molecule has 2 rings (SSSR count). The maximum absolute atomic E-state index is 10.8. The number of thiocarbonyl (C=S) groups is 1. The number of hydrogen-bond donors (Lipinski definition) is 3. The van der Waals surface area contributed by atoms with Gasteiger partial charge in [0.1, 0.15) is 6.04 Å². The Balaban J connectivity index is 1.92. The monoisotopic (exact) mass is 343 g/mol. The molecule has 1 aromatic carbocycles. The van der Waals surface area contributed by atoms with E-state index < -0.39 is 4.92 Å². The largest absolute Gasteiger partial charge is 0.356 e. The number of rotatable bonds is 5. The SMILES string of the molecule is CC[NH+]1CCC[C@H]1CNC(=S)Nc1cc([N+](=O)[O-])ccc1Cl. The Morgan fingerprint density at radius 3 is 3.05 bits per heavy atom. The first-order valence-electron chi connectivity index (χ1n) is 7.34. The molecule has 120 valence electrons. The lowest BCUT2D eigenvalue weighted by atomic mass is 10.2. The third kappa shape index (κ3) is 4.28. The summed E-state index contributed by atoms with van der Waals surface area (Å²) in [5.41, 5.74) is 0.423. The van der Waals surface area contributed by atoms with Crippen molar-refractivity contribution in [3.63, 3.8) is 0 Å². The number of quaternary nitrogens is 1. The van der Waals surface area contributed by atoms with Gasteiger partial charge in [-0.15, -0.1) is 0 Å². The molecule has 1 heterocycles. The van der Waals surface area contributed by atoms with Gasteiger partial charge in [0.25, 0.3) is 5.69 Å². The number of non-ortho nitro benzene ring substituents is 1. The number of likely N-dealkylation sites (tertiary alicyclic amines) is 1.